The summed E-state index contributed by atoms with van der Waals surface area (Å²) in [5.74, 6) is -0.637. The van der Waals surface area contributed by atoms with Gasteiger partial charge in [0.25, 0.3) is 15.9 Å². The lowest BCUT2D eigenvalue weighted by atomic mass is 10.2. The standard InChI is InChI=1S/C23H22Cl2N4O3S/c1-28(2)19-11-8-17(9-12-19)15-26-27-23(30)16-29(22-13-10-18(24)14-21(22)25)33(31,32)20-6-4-3-5-7-20/h3-15H,16H2,1-2H3,(H,27,30)/b26-15-. The molecule has 0 aliphatic heterocycles. The third-order valence-corrected chi connectivity index (χ3v) is 6.92. The highest BCUT2D eigenvalue weighted by atomic mass is 35.5. The highest BCUT2D eigenvalue weighted by Crippen LogP contribution is 2.32. The lowest BCUT2D eigenvalue weighted by Gasteiger charge is -2.24. The second-order valence-corrected chi connectivity index (χ2v) is 9.91. The van der Waals surface area contributed by atoms with E-state index in [0.717, 1.165) is 15.6 Å². The number of hydrogen-bond acceptors (Lipinski definition) is 5. The maximum atomic E-state index is 13.3. The van der Waals surface area contributed by atoms with Crippen LogP contribution < -0.4 is 14.6 Å². The molecule has 0 aromatic heterocycles. The molecular formula is C23H22Cl2N4O3S. The minimum atomic E-state index is -4.09. The van der Waals surface area contributed by atoms with Gasteiger partial charge < -0.3 is 4.90 Å². The average molecular weight is 505 g/mol. The number of sulfonamides is 1. The second kappa shape index (κ2) is 10.7. The second-order valence-electron chi connectivity index (χ2n) is 7.20. The fourth-order valence-electron chi connectivity index (χ4n) is 2.91. The molecule has 7 nitrogen and oxygen atoms in total. The monoisotopic (exact) mass is 504 g/mol. The molecule has 1 amide bonds. The Bertz CT molecular complexity index is 1250. The molecule has 0 spiro atoms. The van der Waals surface area contributed by atoms with Crippen LogP contribution in [0, 0.1) is 0 Å². The van der Waals surface area contributed by atoms with Crippen molar-refractivity contribution in [3.8, 4) is 0 Å². The van der Waals surface area contributed by atoms with Gasteiger partial charge in [0.15, 0.2) is 0 Å². The summed E-state index contributed by atoms with van der Waals surface area (Å²) in [4.78, 5) is 14.6. The predicted molar refractivity (Wildman–Crippen MR) is 134 cm³/mol. The molecule has 0 aliphatic carbocycles. The highest BCUT2D eigenvalue weighted by molar-refractivity contribution is 7.92. The number of carbonyl (C=O) groups is 1. The van der Waals surface area contributed by atoms with Gasteiger partial charge in [0.05, 0.1) is 21.8 Å². The van der Waals surface area contributed by atoms with Gasteiger partial charge in [0, 0.05) is 24.8 Å². The van der Waals surface area contributed by atoms with Crippen molar-refractivity contribution in [1.82, 2.24) is 5.43 Å². The zero-order valence-electron chi connectivity index (χ0n) is 17.9. The Morgan fingerprint density at radius 1 is 1.00 bits per heavy atom. The van der Waals surface area contributed by atoms with E-state index in [9.17, 15) is 13.2 Å². The SMILES string of the molecule is CN(C)c1ccc(/C=N\NC(=O)CN(c2ccc(Cl)cc2Cl)S(=O)(=O)c2ccccc2)cc1. The highest BCUT2D eigenvalue weighted by Gasteiger charge is 2.28. The molecule has 0 fully saturated rings. The van der Waals surface area contributed by atoms with E-state index >= 15 is 0 Å². The predicted octanol–water partition coefficient (Wildman–Crippen LogP) is 4.41. The quantitative estimate of drug-likeness (QED) is 0.364. The van der Waals surface area contributed by atoms with E-state index < -0.39 is 22.5 Å². The largest absolute Gasteiger partial charge is 0.378 e. The summed E-state index contributed by atoms with van der Waals surface area (Å²) in [6.07, 6.45) is 1.47. The normalized spacial score (nSPS) is 11.4. The summed E-state index contributed by atoms with van der Waals surface area (Å²) in [5, 5.41) is 4.38. The van der Waals surface area contributed by atoms with Crippen LogP contribution in [0.5, 0.6) is 0 Å². The fourth-order valence-corrected chi connectivity index (χ4v) is 4.93. The molecule has 0 radical (unpaired) electrons. The molecule has 0 saturated carbocycles. The van der Waals surface area contributed by atoms with E-state index in [1.165, 1.54) is 36.5 Å². The molecule has 0 heterocycles. The van der Waals surface area contributed by atoms with E-state index in [1.807, 2.05) is 43.3 Å². The van der Waals surface area contributed by atoms with Gasteiger partial charge in [0.1, 0.15) is 6.54 Å². The Kier molecular flexibility index (Phi) is 7.97. The van der Waals surface area contributed by atoms with Crippen molar-refractivity contribution in [2.45, 2.75) is 4.90 Å². The van der Waals surface area contributed by atoms with Gasteiger partial charge in [-0.05, 0) is 48.0 Å². The number of carbonyl (C=O) groups excluding carboxylic acids is 1. The maximum Gasteiger partial charge on any atom is 0.264 e. The summed E-state index contributed by atoms with van der Waals surface area (Å²) in [7, 11) is -0.214. The van der Waals surface area contributed by atoms with Crippen molar-refractivity contribution < 1.29 is 13.2 Å². The molecule has 3 rings (SSSR count). The minimum absolute atomic E-state index is 0.0216. The molecule has 0 atom stereocenters. The number of hydrogen-bond donors (Lipinski definition) is 1. The minimum Gasteiger partial charge on any atom is -0.378 e. The van der Waals surface area contributed by atoms with Crippen LogP contribution in [-0.2, 0) is 14.8 Å². The van der Waals surface area contributed by atoms with Crippen LogP contribution in [0.4, 0.5) is 11.4 Å². The molecule has 0 saturated heterocycles. The number of rotatable bonds is 8. The van der Waals surface area contributed by atoms with E-state index in [0.29, 0.717) is 5.02 Å². The molecular weight excluding hydrogens is 483 g/mol. The number of amides is 1. The van der Waals surface area contributed by atoms with Gasteiger partial charge in [-0.3, -0.25) is 9.10 Å². The van der Waals surface area contributed by atoms with Gasteiger partial charge >= 0.3 is 0 Å². The molecule has 10 heteroatoms. The Balaban J connectivity index is 1.82. The number of benzene rings is 3. The number of anilines is 2. The molecule has 0 aliphatic rings. The third kappa shape index (κ3) is 6.25. The van der Waals surface area contributed by atoms with Gasteiger partial charge in [-0.15, -0.1) is 0 Å². The van der Waals surface area contributed by atoms with Gasteiger partial charge in [-0.2, -0.15) is 5.10 Å². The maximum absolute atomic E-state index is 13.3. The van der Waals surface area contributed by atoms with Crippen LogP contribution in [0.1, 0.15) is 5.56 Å². The van der Waals surface area contributed by atoms with Gasteiger partial charge in [0.2, 0.25) is 0 Å². The molecule has 3 aromatic carbocycles. The number of halogens is 2. The summed E-state index contributed by atoms with van der Waals surface area (Å²) < 4.78 is 27.5. The van der Waals surface area contributed by atoms with E-state index in [-0.39, 0.29) is 15.6 Å². The van der Waals surface area contributed by atoms with E-state index in [1.54, 1.807) is 18.2 Å². The Morgan fingerprint density at radius 2 is 1.67 bits per heavy atom. The zero-order valence-corrected chi connectivity index (χ0v) is 20.3. The smallest absolute Gasteiger partial charge is 0.264 e. The third-order valence-electron chi connectivity index (χ3n) is 4.61. The molecule has 33 heavy (non-hydrogen) atoms. The Morgan fingerprint density at radius 3 is 2.27 bits per heavy atom. The first-order valence-corrected chi connectivity index (χ1v) is 12.0. The molecule has 172 valence electrons. The Hall–Kier alpha value is -3.07. The molecule has 3 aromatic rings. The first-order valence-electron chi connectivity index (χ1n) is 9.80. The van der Waals surface area contributed by atoms with Crippen LogP contribution in [0.2, 0.25) is 10.0 Å². The molecule has 0 unspecified atom stereocenters. The topological polar surface area (TPSA) is 82.1 Å². The first kappa shape index (κ1) is 24.6. The summed E-state index contributed by atoms with van der Waals surface area (Å²) in [6, 6.07) is 19.7. The van der Waals surface area contributed by atoms with Gasteiger partial charge in [-0.25, -0.2) is 13.8 Å². The first-order chi connectivity index (χ1) is 15.7. The lowest BCUT2D eigenvalue weighted by Crippen LogP contribution is -2.39. The zero-order chi connectivity index (χ0) is 24.0. The number of nitrogens with one attached hydrogen (secondary N) is 1. The number of hydrazone groups is 1. The molecule has 0 bridgehead atoms. The van der Waals surface area contributed by atoms with Crippen molar-refractivity contribution in [3.05, 3.63) is 88.4 Å². The van der Waals surface area contributed by atoms with Crippen molar-refractivity contribution in [1.29, 1.82) is 0 Å². The van der Waals surface area contributed by atoms with Crippen molar-refractivity contribution in [2.24, 2.45) is 5.10 Å². The fraction of sp³-hybridized carbons (Fsp3) is 0.130. The summed E-state index contributed by atoms with van der Waals surface area (Å²) in [5.41, 5.74) is 4.30. The lowest BCUT2D eigenvalue weighted by molar-refractivity contribution is -0.119. The molecule has 1 N–H and O–H groups in total. The van der Waals surface area contributed by atoms with Crippen LogP contribution in [-0.4, -0.2) is 41.2 Å². The van der Waals surface area contributed by atoms with Crippen molar-refractivity contribution in [3.63, 3.8) is 0 Å². The van der Waals surface area contributed by atoms with Gasteiger partial charge in [-0.1, -0.05) is 53.5 Å². The van der Waals surface area contributed by atoms with Crippen molar-refractivity contribution >= 4 is 56.7 Å². The van der Waals surface area contributed by atoms with E-state index in [2.05, 4.69) is 10.5 Å². The van der Waals surface area contributed by atoms with Crippen LogP contribution >= 0.6 is 23.2 Å². The average Bonchev–Trinajstić information content (AvgIpc) is 2.79. The summed E-state index contributed by atoms with van der Waals surface area (Å²) >= 11 is 12.2. The van der Waals surface area contributed by atoms with Crippen molar-refractivity contribution in [2.75, 3.05) is 29.8 Å². The summed E-state index contributed by atoms with van der Waals surface area (Å²) in [6.45, 7) is -0.532. The number of nitrogens with zero attached hydrogens (tertiary/aromatic N) is 3. The van der Waals surface area contributed by atoms with Crippen LogP contribution in [0.25, 0.3) is 0 Å². The van der Waals surface area contributed by atoms with E-state index in [4.69, 9.17) is 23.2 Å². The van der Waals surface area contributed by atoms with Crippen LogP contribution in [0.15, 0.2) is 82.8 Å². The van der Waals surface area contributed by atoms with Crippen LogP contribution in [0.3, 0.4) is 0 Å². The Labute approximate surface area is 203 Å².